The van der Waals surface area contributed by atoms with Crippen molar-refractivity contribution in [3.63, 3.8) is 0 Å². The molecule has 7 aromatic rings. The molecule has 0 unspecified atom stereocenters. The van der Waals surface area contributed by atoms with Gasteiger partial charge in [0.05, 0.1) is 40.6 Å². The largest absolute Gasteiger partial charge is 0.497 e. The van der Waals surface area contributed by atoms with Crippen LogP contribution in [-0.2, 0) is 4.74 Å². The first kappa shape index (κ1) is 39.2. The predicted molar refractivity (Wildman–Crippen MR) is 230 cm³/mol. The average Bonchev–Trinajstić information content (AvgIpc) is 3.22. The van der Waals surface area contributed by atoms with Gasteiger partial charge in [0.25, 0.3) is 11.0 Å². The van der Waals surface area contributed by atoms with Crippen LogP contribution in [0.2, 0.25) is 0 Å². The molecule has 0 saturated carbocycles. The van der Waals surface area contributed by atoms with Crippen LogP contribution < -0.4 is 14.2 Å². The number of ketones is 1. The third-order valence-corrected chi connectivity index (χ3v) is 10.1. The molecule has 6 nitrogen and oxygen atoms in total. The van der Waals surface area contributed by atoms with Crippen molar-refractivity contribution in [3.05, 3.63) is 170 Å². The summed E-state index contributed by atoms with van der Waals surface area (Å²) >= 11 is 12.3. The average molecular weight is 878 g/mol. The molecule has 0 amide bonds. The smallest absolute Gasteiger partial charge is 0.297 e. The summed E-state index contributed by atoms with van der Waals surface area (Å²) in [5.41, 5.74) is 3.96. The maximum Gasteiger partial charge on any atom is 0.297 e. The molecule has 0 spiro atoms. The van der Waals surface area contributed by atoms with Gasteiger partial charge in [0, 0.05) is 48.5 Å². The molecule has 9 heteroatoms. The number of halogens is 3. The lowest BCUT2D eigenvalue weighted by atomic mass is 9.95. The quantitative estimate of drug-likeness (QED) is 0.0902. The van der Waals surface area contributed by atoms with E-state index in [4.69, 9.17) is 30.5 Å². The van der Waals surface area contributed by atoms with Crippen LogP contribution in [0, 0.1) is 6.08 Å². The van der Waals surface area contributed by atoms with Crippen molar-refractivity contribution in [1.29, 1.82) is 0 Å². The Morgan fingerprint density at radius 2 is 1.15 bits per heavy atom. The molecule has 0 aliphatic heterocycles. The Kier molecular flexibility index (Phi) is 12.7. The SMILES string of the molecule is COC1=[C+]C=Cc2cc(OC)ccc21.COc1ccc2c(OC)ccc(C(=O)c3ccc4cc(Br)ccc4c3)c2c1.O=C(Cl)c1ccc2cc(Br)ccc2c1. The van der Waals surface area contributed by atoms with Gasteiger partial charge in [0.15, 0.2) is 5.78 Å². The molecule has 0 saturated heterocycles. The fourth-order valence-corrected chi connectivity index (χ4v) is 7.00. The normalized spacial score (nSPS) is 11.2. The van der Waals surface area contributed by atoms with Gasteiger partial charge in [-0.15, -0.1) is 0 Å². The molecule has 0 N–H and O–H groups in total. The van der Waals surface area contributed by atoms with E-state index >= 15 is 0 Å². The van der Waals surface area contributed by atoms with Crippen LogP contribution >= 0.6 is 43.5 Å². The minimum Gasteiger partial charge on any atom is -0.497 e. The first-order valence-electron chi connectivity index (χ1n) is 16.9. The molecule has 0 fully saturated rings. The number of hydrogen-bond acceptors (Lipinski definition) is 6. The van der Waals surface area contributed by atoms with Gasteiger partial charge in [-0.25, -0.2) is 0 Å². The minimum absolute atomic E-state index is 0.0271. The van der Waals surface area contributed by atoms with Crippen molar-refractivity contribution < 1.29 is 28.5 Å². The van der Waals surface area contributed by atoms with E-state index in [1.54, 1.807) is 40.6 Å². The molecular weight excluding hydrogens is 844 g/mol. The Labute approximate surface area is 341 Å². The molecular formula is C46H34Br2ClO6+. The maximum absolute atomic E-state index is 13.3. The van der Waals surface area contributed by atoms with E-state index in [0.717, 1.165) is 69.6 Å². The second-order valence-electron chi connectivity index (χ2n) is 12.2. The van der Waals surface area contributed by atoms with Crippen LogP contribution in [0.1, 0.15) is 37.4 Å². The van der Waals surface area contributed by atoms with Gasteiger partial charge in [-0.05, 0) is 112 Å². The number of allylic oxidation sites excluding steroid dienone is 2. The Balaban J connectivity index is 0.000000155. The molecule has 55 heavy (non-hydrogen) atoms. The third-order valence-electron chi connectivity index (χ3n) is 8.93. The molecule has 0 atom stereocenters. The lowest BCUT2D eigenvalue weighted by Gasteiger charge is -2.12. The fourth-order valence-electron chi connectivity index (χ4n) is 6.12. The second kappa shape index (κ2) is 17.8. The Morgan fingerprint density at radius 3 is 1.76 bits per heavy atom. The van der Waals surface area contributed by atoms with Crippen LogP contribution in [0.3, 0.4) is 0 Å². The van der Waals surface area contributed by atoms with Gasteiger partial charge in [-0.1, -0.05) is 62.2 Å². The summed E-state index contributed by atoms with van der Waals surface area (Å²) in [5, 5.41) is 5.49. The number of carbonyl (C=O) groups excluding carboxylic acids is 2. The zero-order chi connectivity index (χ0) is 39.1. The van der Waals surface area contributed by atoms with E-state index in [9.17, 15) is 9.59 Å². The molecule has 8 rings (SSSR count). The topological polar surface area (TPSA) is 71.1 Å². The van der Waals surface area contributed by atoms with Gasteiger partial charge < -0.3 is 18.9 Å². The number of ether oxygens (including phenoxy) is 4. The Morgan fingerprint density at radius 1 is 0.564 bits per heavy atom. The fraction of sp³-hybridized carbons (Fsp3) is 0.0870. The van der Waals surface area contributed by atoms with E-state index in [0.29, 0.717) is 22.4 Å². The summed E-state index contributed by atoms with van der Waals surface area (Å²) < 4.78 is 23.2. The van der Waals surface area contributed by atoms with E-state index in [1.807, 2.05) is 121 Å². The number of rotatable bonds is 7. The van der Waals surface area contributed by atoms with Crippen LogP contribution in [0.15, 0.2) is 136 Å². The summed E-state index contributed by atoms with van der Waals surface area (Å²) in [4.78, 5) is 24.2. The molecule has 0 bridgehead atoms. The van der Waals surface area contributed by atoms with Gasteiger partial charge in [-0.3, -0.25) is 9.59 Å². The number of fused-ring (bicyclic) bond motifs is 4. The summed E-state index contributed by atoms with van der Waals surface area (Å²) in [7, 11) is 6.55. The molecule has 274 valence electrons. The van der Waals surface area contributed by atoms with Crippen molar-refractivity contribution in [1.82, 2.24) is 0 Å². The molecule has 1 aliphatic carbocycles. The number of hydrogen-bond donors (Lipinski definition) is 0. The van der Waals surface area contributed by atoms with Crippen LogP contribution in [0.5, 0.6) is 17.2 Å². The molecule has 0 aromatic heterocycles. The van der Waals surface area contributed by atoms with Crippen molar-refractivity contribution in [3.8, 4) is 17.2 Å². The summed E-state index contributed by atoms with van der Waals surface area (Å²) in [6.45, 7) is 0. The van der Waals surface area contributed by atoms with Crippen LogP contribution in [-0.4, -0.2) is 39.5 Å². The first-order valence-corrected chi connectivity index (χ1v) is 18.9. The number of carbonyl (C=O) groups is 2. The van der Waals surface area contributed by atoms with Crippen LogP contribution in [0.4, 0.5) is 0 Å². The van der Waals surface area contributed by atoms with Crippen molar-refractivity contribution in [2.24, 2.45) is 0 Å². The summed E-state index contributed by atoms with van der Waals surface area (Å²) in [5.74, 6) is 3.03. The first-order chi connectivity index (χ1) is 26.6. The van der Waals surface area contributed by atoms with Crippen molar-refractivity contribution in [2.75, 3.05) is 28.4 Å². The second-order valence-corrected chi connectivity index (χ2v) is 14.4. The number of methoxy groups -OCH3 is 4. The lowest BCUT2D eigenvalue weighted by molar-refractivity contribution is 0.103. The van der Waals surface area contributed by atoms with Gasteiger partial charge in [0.2, 0.25) is 0 Å². The lowest BCUT2D eigenvalue weighted by Crippen LogP contribution is -2.03. The highest BCUT2D eigenvalue weighted by Gasteiger charge is 2.20. The van der Waals surface area contributed by atoms with Crippen molar-refractivity contribution in [2.45, 2.75) is 0 Å². The minimum atomic E-state index is -0.421. The summed E-state index contributed by atoms with van der Waals surface area (Å²) in [6, 6.07) is 38.3. The van der Waals surface area contributed by atoms with Gasteiger partial charge in [-0.2, -0.15) is 0 Å². The van der Waals surface area contributed by atoms with Crippen molar-refractivity contribution >= 4 is 98.6 Å². The highest BCUT2D eigenvalue weighted by Crippen LogP contribution is 2.33. The Bertz CT molecular complexity index is 2630. The molecule has 0 heterocycles. The van der Waals surface area contributed by atoms with Gasteiger partial charge in [0.1, 0.15) is 34.5 Å². The van der Waals surface area contributed by atoms with E-state index < -0.39 is 5.24 Å². The zero-order valence-electron chi connectivity index (χ0n) is 30.3. The number of benzene rings is 7. The molecule has 7 aromatic carbocycles. The highest BCUT2D eigenvalue weighted by molar-refractivity contribution is 9.10. The summed E-state index contributed by atoms with van der Waals surface area (Å²) in [6.07, 6.45) is 6.87. The van der Waals surface area contributed by atoms with E-state index in [-0.39, 0.29) is 5.78 Å². The molecule has 1 aliphatic rings. The van der Waals surface area contributed by atoms with E-state index in [1.165, 1.54) is 0 Å². The van der Waals surface area contributed by atoms with Gasteiger partial charge >= 0.3 is 0 Å². The maximum atomic E-state index is 13.3. The third kappa shape index (κ3) is 9.07. The monoisotopic (exact) mass is 875 g/mol. The zero-order valence-corrected chi connectivity index (χ0v) is 34.2. The predicted octanol–water partition coefficient (Wildman–Crippen LogP) is 12.5. The Hall–Kier alpha value is -5.50. The standard InChI is InChI=1S/C23H17BrO3.C12H11O2.C11H6BrClO/c1-26-18-7-8-19-21(13-18)20(9-10-22(19)27-2)23(25)16-4-3-15-12-17(24)6-5-14(15)11-16;1-13-10-6-7-11-9(8-10)4-3-5-12(11)14-2;12-10-4-3-7-5-9(11(13)14)2-1-8(7)6-10/h3-13H,1-2H3;3-4,6-8H,1-2H3;1-6H/q;+1;. The van der Waals surface area contributed by atoms with E-state index in [2.05, 4.69) is 37.9 Å². The highest BCUT2D eigenvalue weighted by atomic mass is 79.9. The molecule has 0 radical (unpaired) electrons. The van der Waals surface area contributed by atoms with Crippen LogP contribution in [0.25, 0.3) is 44.2 Å².